The second-order valence-corrected chi connectivity index (χ2v) is 13.2. The van der Waals surface area contributed by atoms with Gasteiger partial charge in [0.25, 0.3) is 0 Å². The molecule has 1 aliphatic heterocycles. The Bertz CT molecular complexity index is 2370. The zero-order valence-electron chi connectivity index (χ0n) is 27.9. The topological polar surface area (TPSA) is 60.5 Å². The number of nitrogens with one attached hydrogen (secondary N) is 1. The fourth-order valence-electron chi connectivity index (χ4n) is 7.86. The van der Waals surface area contributed by atoms with Crippen LogP contribution in [-0.4, -0.2) is 11.7 Å². The normalized spacial score (nSPS) is 18.3. The first-order valence-corrected chi connectivity index (χ1v) is 17.4. The summed E-state index contributed by atoms with van der Waals surface area (Å²) in [6.07, 6.45) is 6.66. The molecule has 0 fully saturated rings. The molecule has 0 spiro atoms. The van der Waals surface area contributed by atoms with Crippen LogP contribution in [0.5, 0.6) is 0 Å². The predicted octanol–water partition coefficient (Wildman–Crippen LogP) is 10.0. The highest BCUT2D eigenvalue weighted by molar-refractivity contribution is 6.15. The van der Waals surface area contributed by atoms with E-state index in [2.05, 4.69) is 145 Å². The lowest BCUT2D eigenvalue weighted by Gasteiger charge is -2.34. The van der Waals surface area contributed by atoms with Crippen LogP contribution in [0.1, 0.15) is 57.1 Å². The smallest absolute Gasteiger partial charge is 0.169 e. The van der Waals surface area contributed by atoms with Crippen molar-refractivity contribution in [3.8, 4) is 17.2 Å². The first-order chi connectivity index (χ1) is 25.2. The number of hydrogen-bond donors (Lipinski definition) is 1. The number of nitriles is 1. The SMILES string of the molecule is N#CC1C=CC(c2ccc(C3(c4ccc(C5=NC(c6ccccc6)N=C(c6ccccc6)N5)cc4)c4ccccc4-c4ccccc43)cc2)=CC1. The van der Waals surface area contributed by atoms with Gasteiger partial charge < -0.3 is 5.32 Å². The first kappa shape index (κ1) is 30.5. The summed E-state index contributed by atoms with van der Waals surface area (Å²) < 4.78 is 0. The molecule has 2 aliphatic carbocycles. The quantitative estimate of drug-likeness (QED) is 0.194. The van der Waals surface area contributed by atoms with Crippen LogP contribution in [0.15, 0.2) is 186 Å². The second kappa shape index (κ2) is 12.7. The molecule has 9 rings (SSSR count). The molecule has 4 nitrogen and oxygen atoms in total. The van der Waals surface area contributed by atoms with Crippen LogP contribution in [0.2, 0.25) is 0 Å². The Hall–Kier alpha value is -6.57. The van der Waals surface area contributed by atoms with Crippen molar-refractivity contribution in [1.82, 2.24) is 5.32 Å². The van der Waals surface area contributed by atoms with E-state index in [0.717, 1.165) is 45.9 Å². The molecule has 0 saturated heterocycles. The average molecular weight is 655 g/mol. The van der Waals surface area contributed by atoms with Gasteiger partial charge in [0.1, 0.15) is 11.7 Å². The summed E-state index contributed by atoms with van der Waals surface area (Å²) in [5.74, 6) is 1.55. The number of hydrogen-bond acceptors (Lipinski definition) is 4. The molecule has 0 aromatic heterocycles. The molecule has 0 saturated carbocycles. The van der Waals surface area contributed by atoms with Gasteiger partial charge in [0.2, 0.25) is 0 Å². The molecule has 2 atom stereocenters. The second-order valence-electron chi connectivity index (χ2n) is 13.2. The van der Waals surface area contributed by atoms with Crippen LogP contribution in [-0.2, 0) is 5.41 Å². The van der Waals surface area contributed by atoms with E-state index in [0.29, 0.717) is 0 Å². The van der Waals surface area contributed by atoms with Crippen molar-refractivity contribution in [2.24, 2.45) is 15.9 Å². The zero-order valence-corrected chi connectivity index (χ0v) is 27.9. The van der Waals surface area contributed by atoms with Crippen molar-refractivity contribution in [2.75, 3.05) is 0 Å². The van der Waals surface area contributed by atoms with Crippen molar-refractivity contribution >= 4 is 17.2 Å². The van der Waals surface area contributed by atoms with Crippen LogP contribution in [0.4, 0.5) is 0 Å². The van der Waals surface area contributed by atoms with Gasteiger partial charge in [-0.05, 0) is 56.5 Å². The highest BCUT2D eigenvalue weighted by atomic mass is 15.2. The molecule has 1 heterocycles. The Morgan fingerprint density at radius 1 is 0.569 bits per heavy atom. The van der Waals surface area contributed by atoms with Crippen LogP contribution in [0.3, 0.4) is 0 Å². The lowest BCUT2D eigenvalue weighted by Crippen LogP contribution is -2.36. The van der Waals surface area contributed by atoms with Gasteiger partial charge in [0.05, 0.1) is 17.4 Å². The van der Waals surface area contributed by atoms with Crippen LogP contribution < -0.4 is 5.32 Å². The van der Waals surface area contributed by atoms with E-state index < -0.39 is 5.41 Å². The third-order valence-corrected chi connectivity index (χ3v) is 10.3. The summed E-state index contributed by atoms with van der Waals surface area (Å²) >= 11 is 0. The monoisotopic (exact) mass is 654 g/mol. The largest absolute Gasteiger partial charge is 0.324 e. The molecule has 0 amide bonds. The Morgan fingerprint density at radius 2 is 1.08 bits per heavy atom. The predicted molar refractivity (Wildman–Crippen MR) is 206 cm³/mol. The summed E-state index contributed by atoms with van der Waals surface area (Å²) in [7, 11) is 0. The molecular formula is C47H34N4. The van der Waals surface area contributed by atoms with E-state index in [9.17, 15) is 5.26 Å². The summed E-state index contributed by atoms with van der Waals surface area (Å²) in [6.45, 7) is 0. The lowest BCUT2D eigenvalue weighted by atomic mass is 9.67. The van der Waals surface area contributed by atoms with Gasteiger partial charge >= 0.3 is 0 Å². The fourth-order valence-corrected chi connectivity index (χ4v) is 7.86. The number of aliphatic imine (C=N–C) groups is 2. The van der Waals surface area contributed by atoms with Gasteiger partial charge in [0, 0.05) is 11.1 Å². The standard InChI is InChI=1S/C47H34N4/c48-31-32-19-21-33(22-20-32)34-23-27-38(28-24-34)47(42-17-9-7-15-40(42)41-16-8-10-18-43(41)47)39-29-25-37(26-30-39)46-50-44(35-11-3-1-4-12-35)49-45(51-46)36-13-5-2-6-14-36/h1-19,21-30,32,44H,20H2,(H,49,50,51). The molecule has 0 radical (unpaired) electrons. The minimum absolute atomic E-state index is 0.0537. The van der Waals surface area contributed by atoms with E-state index in [1.54, 1.807) is 0 Å². The highest BCUT2D eigenvalue weighted by Gasteiger charge is 2.45. The Kier molecular flexibility index (Phi) is 7.60. The van der Waals surface area contributed by atoms with Gasteiger partial charge in [-0.15, -0.1) is 0 Å². The average Bonchev–Trinajstić information content (AvgIpc) is 3.52. The summed E-state index contributed by atoms with van der Waals surface area (Å²) in [5.41, 5.74) is 12.3. The summed E-state index contributed by atoms with van der Waals surface area (Å²) in [5, 5.41) is 12.9. The number of benzene rings is 6. The van der Waals surface area contributed by atoms with Gasteiger partial charge in [-0.3, -0.25) is 0 Å². The lowest BCUT2D eigenvalue weighted by molar-refractivity contribution is 0.755. The summed E-state index contributed by atoms with van der Waals surface area (Å²) in [4.78, 5) is 10.2. The van der Waals surface area contributed by atoms with Gasteiger partial charge in [-0.1, -0.05) is 176 Å². The first-order valence-electron chi connectivity index (χ1n) is 17.4. The minimum atomic E-state index is -0.516. The highest BCUT2D eigenvalue weighted by Crippen LogP contribution is 2.56. The van der Waals surface area contributed by atoms with E-state index in [1.807, 2.05) is 42.5 Å². The van der Waals surface area contributed by atoms with E-state index >= 15 is 0 Å². The Balaban J connectivity index is 1.15. The van der Waals surface area contributed by atoms with Gasteiger partial charge in [-0.2, -0.15) is 5.26 Å². The molecule has 51 heavy (non-hydrogen) atoms. The van der Waals surface area contributed by atoms with Gasteiger partial charge in [0.15, 0.2) is 6.17 Å². The fraction of sp³-hybridized carbons (Fsp3) is 0.0851. The van der Waals surface area contributed by atoms with Crippen molar-refractivity contribution in [1.29, 1.82) is 5.26 Å². The van der Waals surface area contributed by atoms with Crippen molar-refractivity contribution < 1.29 is 0 Å². The number of nitrogens with zero attached hydrogens (tertiary/aromatic N) is 3. The number of rotatable bonds is 6. The molecule has 242 valence electrons. The molecule has 2 unspecified atom stereocenters. The van der Waals surface area contributed by atoms with E-state index in [-0.39, 0.29) is 12.1 Å². The van der Waals surface area contributed by atoms with E-state index in [1.165, 1.54) is 33.4 Å². The van der Waals surface area contributed by atoms with Crippen LogP contribution in [0, 0.1) is 17.2 Å². The molecular weight excluding hydrogens is 621 g/mol. The Morgan fingerprint density at radius 3 is 1.63 bits per heavy atom. The van der Waals surface area contributed by atoms with Gasteiger partial charge in [-0.25, -0.2) is 9.98 Å². The molecule has 3 aliphatic rings. The van der Waals surface area contributed by atoms with Crippen LogP contribution in [0.25, 0.3) is 16.7 Å². The summed E-state index contributed by atoms with van der Waals surface area (Å²) in [6, 6.07) is 58.5. The molecule has 6 aromatic rings. The maximum atomic E-state index is 9.37. The number of allylic oxidation sites excluding steroid dienone is 4. The number of fused-ring (bicyclic) bond motifs is 3. The minimum Gasteiger partial charge on any atom is -0.324 e. The molecule has 1 N–H and O–H groups in total. The molecule has 6 aromatic carbocycles. The Labute approximate surface area is 298 Å². The van der Waals surface area contributed by atoms with E-state index in [4.69, 9.17) is 9.98 Å². The van der Waals surface area contributed by atoms with Crippen LogP contribution >= 0.6 is 0 Å². The molecule has 0 bridgehead atoms. The molecule has 4 heteroatoms. The maximum Gasteiger partial charge on any atom is 0.169 e. The van der Waals surface area contributed by atoms with Crippen molar-refractivity contribution in [3.05, 3.63) is 220 Å². The number of amidine groups is 2. The van der Waals surface area contributed by atoms with Crippen molar-refractivity contribution in [2.45, 2.75) is 18.0 Å². The maximum absolute atomic E-state index is 9.37. The zero-order chi connectivity index (χ0) is 34.2. The van der Waals surface area contributed by atoms with Crippen molar-refractivity contribution in [3.63, 3.8) is 0 Å². The third-order valence-electron chi connectivity index (χ3n) is 10.3. The third kappa shape index (κ3) is 5.23.